The molecule has 0 aliphatic heterocycles. The summed E-state index contributed by atoms with van der Waals surface area (Å²) in [6.45, 7) is 0. The number of nitrogens with zero attached hydrogens (tertiary/aromatic N) is 2. The monoisotopic (exact) mass is 192 g/mol. The molecule has 3 N–H and O–H groups in total. The number of nitrogens with one attached hydrogen (secondary N) is 1. The number of imidazole rings is 1. The first-order valence-electron chi connectivity index (χ1n) is 5.13. The van der Waals surface area contributed by atoms with Crippen molar-refractivity contribution in [1.29, 1.82) is 0 Å². The summed E-state index contributed by atoms with van der Waals surface area (Å²) in [5.41, 5.74) is 6.93. The van der Waals surface area contributed by atoms with Crippen LogP contribution in [-0.4, -0.2) is 28.3 Å². The minimum atomic E-state index is 0.239. The molecule has 0 saturated heterocycles. The minimum absolute atomic E-state index is 0.239. The first-order valence-corrected chi connectivity index (χ1v) is 5.13. The summed E-state index contributed by atoms with van der Waals surface area (Å²) in [6.07, 6.45) is 9.97. The van der Waals surface area contributed by atoms with Crippen LogP contribution in [0.25, 0.3) is 0 Å². The number of aliphatic imine (C=N–C) groups is 1. The first-order chi connectivity index (χ1) is 6.86. The number of aromatic amines is 1. The van der Waals surface area contributed by atoms with E-state index in [4.69, 9.17) is 5.73 Å². The third kappa shape index (κ3) is 2.20. The number of nitrogens with two attached hydrogens (primary N) is 1. The third-order valence-corrected chi connectivity index (χ3v) is 2.71. The fraction of sp³-hybridized carbons (Fsp3) is 0.600. The molecule has 1 saturated carbocycles. The van der Waals surface area contributed by atoms with E-state index < -0.39 is 0 Å². The summed E-state index contributed by atoms with van der Waals surface area (Å²) in [7, 11) is 0. The Morgan fingerprint density at radius 1 is 1.50 bits per heavy atom. The van der Waals surface area contributed by atoms with E-state index in [0.717, 1.165) is 18.5 Å². The molecule has 1 aromatic rings. The average Bonchev–Trinajstić information content (AvgIpc) is 2.69. The van der Waals surface area contributed by atoms with Gasteiger partial charge in [0.15, 0.2) is 0 Å². The Balaban J connectivity index is 1.95. The number of hydrogen-bond donors (Lipinski definition) is 2. The van der Waals surface area contributed by atoms with Crippen molar-refractivity contribution in [3.05, 3.63) is 18.2 Å². The molecule has 2 atom stereocenters. The fourth-order valence-corrected chi connectivity index (χ4v) is 1.84. The molecule has 2 rings (SSSR count). The van der Waals surface area contributed by atoms with Crippen molar-refractivity contribution in [3.63, 3.8) is 0 Å². The molecule has 0 unspecified atom stereocenters. The van der Waals surface area contributed by atoms with Gasteiger partial charge in [0.05, 0.1) is 24.3 Å². The highest BCUT2D eigenvalue weighted by atomic mass is 14.9. The second-order valence-corrected chi connectivity index (χ2v) is 3.80. The van der Waals surface area contributed by atoms with Crippen LogP contribution in [0.1, 0.15) is 31.4 Å². The molecule has 0 bridgehead atoms. The Bertz CT molecular complexity index is 291. The van der Waals surface area contributed by atoms with Crippen molar-refractivity contribution in [2.45, 2.75) is 37.8 Å². The van der Waals surface area contributed by atoms with Gasteiger partial charge in [0.1, 0.15) is 0 Å². The van der Waals surface area contributed by atoms with Crippen LogP contribution in [-0.2, 0) is 0 Å². The largest absolute Gasteiger partial charge is 0.344 e. The van der Waals surface area contributed by atoms with Gasteiger partial charge in [-0.25, -0.2) is 4.98 Å². The molecule has 1 fully saturated rings. The Morgan fingerprint density at radius 3 is 3.07 bits per heavy atom. The van der Waals surface area contributed by atoms with Crippen LogP contribution in [0.2, 0.25) is 0 Å². The lowest BCUT2D eigenvalue weighted by atomic mass is 9.91. The third-order valence-electron chi connectivity index (χ3n) is 2.71. The van der Waals surface area contributed by atoms with Gasteiger partial charge >= 0.3 is 0 Å². The molecule has 4 nitrogen and oxygen atoms in total. The first kappa shape index (κ1) is 9.40. The SMILES string of the molecule is N[C@H]1CCCC[C@@H]1N=Cc1cnc[nH]1. The Hall–Kier alpha value is -1.16. The molecule has 0 aromatic carbocycles. The van der Waals surface area contributed by atoms with Crippen molar-refractivity contribution in [3.8, 4) is 0 Å². The van der Waals surface area contributed by atoms with E-state index in [1.807, 2.05) is 6.21 Å². The highest BCUT2D eigenvalue weighted by Crippen LogP contribution is 2.19. The van der Waals surface area contributed by atoms with Gasteiger partial charge in [0, 0.05) is 12.3 Å². The van der Waals surface area contributed by atoms with Crippen LogP contribution in [0.3, 0.4) is 0 Å². The Labute approximate surface area is 83.6 Å². The standard InChI is InChI=1S/C10H16N4/c11-9-3-1-2-4-10(9)13-6-8-5-12-7-14-8/h5-7,9-10H,1-4,11H2,(H,12,14)/t9-,10-/m0/s1. The summed E-state index contributed by atoms with van der Waals surface area (Å²) in [4.78, 5) is 11.4. The van der Waals surface area contributed by atoms with E-state index in [-0.39, 0.29) is 6.04 Å². The van der Waals surface area contributed by atoms with Crippen molar-refractivity contribution < 1.29 is 0 Å². The van der Waals surface area contributed by atoms with E-state index >= 15 is 0 Å². The zero-order valence-electron chi connectivity index (χ0n) is 8.19. The lowest BCUT2D eigenvalue weighted by Gasteiger charge is -2.24. The van der Waals surface area contributed by atoms with E-state index in [1.54, 1.807) is 12.5 Å². The molecule has 1 aliphatic rings. The summed E-state index contributed by atoms with van der Waals surface area (Å²) < 4.78 is 0. The number of aromatic nitrogens is 2. The summed E-state index contributed by atoms with van der Waals surface area (Å²) in [5.74, 6) is 0. The predicted molar refractivity (Wildman–Crippen MR) is 56.4 cm³/mol. The highest BCUT2D eigenvalue weighted by Gasteiger charge is 2.19. The molecule has 76 valence electrons. The van der Waals surface area contributed by atoms with Crippen LogP contribution < -0.4 is 5.73 Å². The second kappa shape index (κ2) is 4.37. The number of H-pyrrole nitrogens is 1. The predicted octanol–water partition coefficient (Wildman–Crippen LogP) is 1.10. The topological polar surface area (TPSA) is 67.1 Å². The quantitative estimate of drug-likeness (QED) is 0.689. The van der Waals surface area contributed by atoms with Crippen molar-refractivity contribution in [2.24, 2.45) is 10.7 Å². The van der Waals surface area contributed by atoms with Crippen molar-refractivity contribution in [1.82, 2.24) is 9.97 Å². The van der Waals surface area contributed by atoms with Gasteiger partial charge in [-0.2, -0.15) is 0 Å². The molecule has 14 heavy (non-hydrogen) atoms. The van der Waals surface area contributed by atoms with Crippen molar-refractivity contribution >= 4 is 6.21 Å². The van der Waals surface area contributed by atoms with Gasteiger partial charge in [0.25, 0.3) is 0 Å². The van der Waals surface area contributed by atoms with Gasteiger partial charge in [-0.3, -0.25) is 4.99 Å². The van der Waals surface area contributed by atoms with Gasteiger partial charge in [-0.15, -0.1) is 0 Å². The normalized spacial score (nSPS) is 28.4. The molecular weight excluding hydrogens is 176 g/mol. The van der Waals surface area contributed by atoms with Crippen LogP contribution in [0.5, 0.6) is 0 Å². The fourth-order valence-electron chi connectivity index (χ4n) is 1.84. The van der Waals surface area contributed by atoms with E-state index in [9.17, 15) is 0 Å². The second-order valence-electron chi connectivity index (χ2n) is 3.80. The summed E-state index contributed by atoms with van der Waals surface area (Å²) >= 11 is 0. The molecule has 0 radical (unpaired) electrons. The maximum atomic E-state index is 5.98. The zero-order chi connectivity index (χ0) is 9.80. The lowest BCUT2D eigenvalue weighted by Crippen LogP contribution is -2.36. The van der Waals surface area contributed by atoms with Crippen molar-refractivity contribution in [2.75, 3.05) is 0 Å². The van der Waals surface area contributed by atoms with E-state index in [2.05, 4.69) is 15.0 Å². The molecular formula is C10H16N4. The summed E-state index contributed by atoms with van der Waals surface area (Å²) in [5, 5.41) is 0. The highest BCUT2D eigenvalue weighted by molar-refractivity contribution is 5.76. The van der Waals surface area contributed by atoms with Gasteiger partial charge < -0.3 is 10.7 Å². The molecule has 0 spiro atoms. The molecule has 1 heterocycles. The smallest absolute Gasteiger partial charge is 0.0924 e. The van der Waals surface area contributed by atoms with Gasteiger partial charge in [-0.1, -0.05) is 12.8 Å². The maximum absolute atomic E-state index is 5.98. The lowest BCUT2D eigenvalue weighted by molar-refractivity contribution is 0.387. The zero-order valence-corrected chi connectivity index (χ0v) is 8.19. The van der Waals surface area contributed by atoms with Crippen LogP contribution in [0.15, 0.2) is 17.5 Å². The Morgan fingerprint density at radius 2 is 2.36 bits per heavy atom. The average molecular weight is 192 g/mol. The number of hydrogen-bond acceptors (Lipinski definition) is 3. The Kier molecular flexibility index (Phi) is 2.93. The molecule has 1 aliphatic carbocycles. The van der Waals surface area contributed by atoms with Gasteiger partial charge in [0.2, 0.25) is 0 Å². The van der Waals surface area contributed by atoms with Crippen LogP contribution in [0.4, 0.5) is 0 Å². The number of rotatable bonds is 2. The molecule has 1 aromatic heterocycles. The summed E-state index contributed by atoms with van der Waals surface area (Å²) in [6, 6.07) is 0.537. The van der Waals surface area contributed by atoms with Crippen LogP contribution >= 0.6 is 0 Å². The maximum Gasteiger partial charge on any atom is 0.0924 e. The van der Waals surface area contributed by atoms with Gasteiger partial charge in [-0.05, 0) is 12.8 Å². The molecule has 4 heteroatoms. The van der Waals surface area contributed by atoms with Crippen LogP contribution in [0, 0.1) is 0 Å². The molecule has 0 amide bonds. The van der Waals surface area contributed by atoms with E-state index in [0.29, 0.717) is 6.04 Å². The minimum Gasteiger partial charge on any atom is -0.344 e. The van der Waals surface area contributed by atoms with E-state index in [1.165, 1.54) is 12.8 Å².